The third kappa shape index (κ3) is 4.45. The molecule has 1 fully saturated rings. The number of carbonyl (C=O) groups is 1. The van der Waals surface area contributed by atoms with Crippen LogP contribution in [-0.2, 0) is 14.8 Å². The first-order valence-corrected chi connectivity index (χ1v) is 10.2. The highest BCUT2D eigenvalue weighted by molar-refractivity contribution is 7.89. The molecular formula is C19H22FN3O3S. The minimum Gasteiger partial charge on any atom is -0.366 e. The Morgan fingerprint density at radius 3 is 2.22 bits per heavy atom. The summed E-state index contributed by atoms with van der Waals surface area (Å²) >= 11 is 0. The van der Waals surface area contributed by atoms with Crippen LogP contribution in [0.3, 0.4) is 0 Å². The number of anilines is 1. The lowest BCUT2D eigenvalue weighted by molar-refractivity contribution is -0.132. The number of nitrogens with one attached hydrogen (secondary N) is 1. The van der Waals surface area contributed by atoms with E-state index in [0.29, 0.717) is 31.9 Å². The molecule has 0 aliphatic carbocycles. The lowest BCUT2D eigenvalue weighted by atomic mass is 10.2. The number of piperazine rings is 1. The number of amides is 1. The van der Waals surface area contributed by atoms with Crippen LogP contribution in [0.15, 0.2) is 59.5 Å². The average Bonchev–Trinajstić information content (AvgIpc) is 2.68. The average molecular weight is 391 g/mol. The summed E-state index contributed by atoms with van der Waals surface area (Å²) in [7, 11) is -3.76. The third-order valence-electron chi connectivity index (χ3n) is 4.54. The van der Waals surface area contributed by atoms with E-state index in [9.17, 15) is 17.6 Å². The van der Waals surface area contributed by atoms with Gasteiger partial charge >= 0.3 is 0 Å². The number of hydrogen-bond acceptors (Lipinski definition) is 4. The number of nitrogens with zero attached hydrogens (tertiary/aromatic N) is 2. The van der Waals surface area contributed by atoms with Gasteiger partial charge in [-0.05, 0) is 31.2 Å². The molecule has 27 heavy (non-hydrogen) atoms. The zero-order valence-electron chi connectivity index (χ0n) is 15.0. The summed E-state index contributed by atoms with van der Waals surface area (Å²) in [6.07, 6.45) is 0. The number of para-hydroxylation sites is 1. The van der Waals surface area contributed by atoms with Gasteiger partial charge in [0.1, 0.15) is 5.82 Å². The molecule has 0 unspecified atom stereocenters. The Bertz CT molecular complexity index is 897. The number of rotatable bonds is 5. The lowest BCUT2D eigenvalue weighted by Gasteiger charge is -2.37. The number of halogens is 1. The SMILES string of the molecule is C[C@H](NS(=O)(=O)c1ccccc1)C(=O)N1CCN(c2ccccc2F)CC1. The summed E-state index contributed by atoms with van der Waals surface area (Å²) in [4.78, 5) is 16.2. The highest BCUT2D eigenvalue weighted by Gasteiger charge is 2.28. The van der Waals surface area contributed by atoms with E-state index < -0.39 is 16.1 Å². The zero-order valence-corrected chi connectivity index (χ0v) is 15.8. The van der Waals surface area contributed by atoms with Gasteiger partial charge in [-0.1, -0.05) is 30.3 Å². The number of hydrogen-bond donors (Lipinski definition) is 1. The summed E-state index contributed by atoms with van der Waals surface area (Å²) in [5, 5.41) is 0. The van der Waals surface area contributed by atoms with Crippen molar-refractivity contribution >= 4 is 21.6 Å². The van der Waals surface area contributed by atoms with Gasteiger partial charge in [-0.3, -0.25) is 4.79 Å². The molecule has 1 heterocycles. The molecule has 1 aliphatic rings. The van der Waals surface area contributed by atoms with Gasteiger partial charge in [-0.15, -0.1) is 0 Å². The van der Waals surface area contributed by atoms with Crippen molar-refractivity contribution in [2.24, 2.45) is 0 Å². The number of carbonyl (C=O) groups excluding carboxylic acids is 1. The second-order valence-corrected chi connectivity index (χ2v) is 8.13. The highest BCUT2D eigenvalue weighted by atomic mass is 32.2. The summed E-state index contributed by atoms with van der Waals surface area (Å²) in [6.45, 7) is 3.33. The minimum absolute atomic E-state index is 0.119. The summed E-state index contributed by atoms with van der Waals surface area (Å²) in [5.41, 5.74) is 0.516. The van der Waals surface area contributed by atoms with Crippen LogP contribution >= 0.6 is 0 Å². The first kappa shape index (κ1) is 19.3. The Hall–Kier alpha value is -2.45. The van der Waals surface area contributed by atoms with Crippen molar-refractivity contribution in [3.05, 3.63) is 60.4 Å². The quantitative estimate of drug-likeness (QED) is 0.845. The van der Waals surface area contributed by atoms with Crippen LogP contribution in [-0.4, -0.2) is 51.4 Å². The Morgan fingerprint density at radius 2 is 1.59 bits per heavy atom. The molecule has 144 valence electrons. The predicted octanol–water partition coefficient (Wildman–Crippen LogP) is 1.84. The topological polar surface area (TPSA) is 69.7 Å². The largest absolute Gasteiger partial charge is 0.366 e. The highest BCUT2D eigenvalue weighted by Crippen LogP contribution is 2.20. The van der Waals surface area contributed by atoms with Crippen molar-refractivity contribution in [1.82, 2.24) is 9.62 Å². The van der Waals surface area contributed by atoms with E-state index in [-0.39, 0.29) is 16.6 Å². The summed E-state index contributed by atoms with van der Waals surface area (Å²) < 4.78 is 41.1. The lowest BCUT2D eigenvalue weighted by Crippen LogP contribution is -2.54. The summed E-state index contributed by atoms with van der Waals surface area (Å²) in [6, 6.07) is 13.6. The van der Waals surface area contributed by atoms with Crippen molar-refractivity contribution in [3.63, 3.8) is 0 Å². The second kappa shape index (κ2) is 8.06. The van der Waals surface area contributed by atoms with E-state index in [1.807, 2.05) is 4.90 Å². The second-order valence-electron chi connectivity index (χ2n) is 6.42. The molecule has 2 aromatic carbocycles. The molecule has 1 atom stereocenters. The maximum Gasteiger partial charge on any atom is 0.241 e. The fraction of sp³-hybridized carbons (Fsp3) is 0.316. The molecule has 0 radical (unpaired) electrons. The summed E-state index contributed by atoms with van der Waals surface area (Å²) in [5.74, 6) is -0.580. The van der Waals surface area contributed by atoms with Crippen LogP contribution in [0, 0.1) is 5.82 Å². The van der Waals surface area contributed by atoms with Crippen molar-refractivity contribution < 1.29 is 17.6 Å². The van der Waals surface area contributed by atoms with Crippen LogP contribution in [0.1, 0.15) is 6.92 Å². The molecule has 6 nitrogen and oxygen atoms in total. The smallest absolute Gasteiger partial charge is 0.241 e. The van der Waals surface area contributed by atoms with E-state index in [0.717, 1.165) is 0 Å². The van der Waals surface area contributed by atoms with Crippen molar-refractivity contribution in [1.29, 1.82) is 0 Å². The fourth-order valence-electron chi connectivity index (χ4n) is 3.10. The van der Waals surface area contributed by atoms with E-state index >= 15 is 0 Å². The van der Waals surface area contributed by atoms with E-state index in [1.54, 1.807) is 41.3 Å². The molecule has 1 amide bonds. The fourth-order valence-corrected chi connectivity index (χ4v) is 4.32. The maximum atomic E-state index is 13.9. The van der Waals surface area contributed by atoms with Gasteiger partial charge in [0.15, 0.2) is 0 Å². The zero-order chi connectivity index (χ0) is 19.4. The first-order valence-electron chi connectivity index (χ1n) is 8.74. The number of benzene rings is 2. The molecule has 8 heteroatoms. The van der Waals surface area contributed by atoms with Crippen LogP contribution in [0.5, 0.6) is 0 Å². The minimum atomic E-state index is -3.76. The van der Waals surface area contributed by atoms with Crippen molar-refractivity contribution in [3.8, 4) is 0 Å². The third-order valence-corrected chi connectivity index (χ3v) is 6.10. The van der Waals surface area contributed by atoms with Crippen molar-refractivity contribution in [2.75, 3.05) is 31.1 Å². The molecule has 2 aromatic rings. The molecule has 0 saturated carbocycles. The molecule has 0 spiro atoms. The Labute approximate surface area is 158 Å². The van der Waals surface area contributed by atoms with E-state index in [4.69, 9.17) is 0 Å². The molecule has 1 saturated heterocycles. The van der Waals surface area contributed by atoms with Crippen molar-refractivity contribution in [2.45, 2.75) is 17.9 Å². The number of sulfonamides is 1. The Morgan fingerprint density at radius 1 is 1.00 bits per heavy atom. The predicted molar refractivity (Wildman–Crippen MR) is 101 cm³/mol. The van der Waals surface area contributed by atoms with Gasteiger partial charge in [0.25, 0.3) is 0 Å². The van der Waals surface area contributed by atoms with Gasteiger partial charge in [0.2, 0.25) is 15.9 Å². The van der Waals surface area contributed by atoms with Gasteiger partial charge < -0.3 is 9.80 Å². The molecule has 1 aliphatic heterocycles. The first-order chi connectivity index (χ1) is 12.9. The van der Waals surface area contributed by atoms with Crippen LogP contribution in [0.4, 0.5) is 10.1 Å². The normalized spacial score (nSPS) is 16.2. The van der Waals surface area contributed by atoms with Gasteiger partial charge in [0.05, 0.1) is 16.6 Å². The Balaban J connectivity index is 1.60. The maximum absolute atomic E-state index is 13.9. The van der Waals surface area contributed by atoms with Crippen LogP contribution in [0.25, 0.3) is 0 Å². The Kier molecular flexibility index (Phi) is 5.76. The van der Waals surface area contributed by atoms with Crippen LogP contribution in [0.2, 0.25) is 0 Å². The van der Waals surface area contributed by atoms with Gasteiger partial charge in [-0.2, -0.15) is 4.72 Å². The molecule has 3 rings (SSSR count). The van der Waals surface area contributed by atoms with Gasteiger partial charge in [-0.25, -0.2) is 12.8 Å². The molecule has 1 N–H and O–H groups in total. The molecular weight excluding hydrogens is 369 g/mol. The van der Waals surface area contributed by atoms with E-state index in [1.165, 1.54) is 25.1 Å². The standard InChI is InChI=1S/C19H22FN3O3S/c1-15(21-27(25,26)16-7-3-2-4-8-16)19(24)23-13-11-22(12-14-23)18-10-6-5-9-17(18)20/h2-10,15,21H,11-14H2,1H3/t15-/m0/s1. The monoisotopic (exact) mass is 391 g/mol. The molecule has 0 aromatic heterocycles. The molecule has 0 bridgehead atoms. The van der Waals surface area contributed by atoms with Gasteiger partial charge in [0, 0.05) is 26.2 Å². The van der Waals surface area contributed by atoms with Crippen LogP contribution < -0.4 is 9.62 Å². The van der Waals surface area contributed by atoms with E-state index in [2.05, 4.69) is 4.72 Å².